The van der Waals surface area contributed by atoms with E-state index in [0.29, 0.717) is 17.8 Å². The van der Waals surface area contributed by atoms with Crippen LogP contribution in [0.3, 0.4) is 0 Å². The van der Waals surface area contributed by atoms with Gasteiger partial charge in [-0.1, -0.05) is 12.1 Å². The molecule has 0 spiro atoms. The first-order valence-corrected chi connectivity index (χ1v) is 6.77. The molecule has 0 unspecified atom stereocenters. The number of nitrogens with one attached hydrogen (secondary N) is 2. The molecule has 2 N–H and O–H groups in total. The summed E-state index contributed by atoms with van der Waals surface area (Å²) in [7, 11) is 0. The second-order valence-corrected chi connectivity index (χ2v) is 5.31. The number of aromatic nitrogens is 1. The second kappa shape index (κ2) is 4.72. The van der Waals surface area contributed by atoms with E-state index in [2.05, 4.69) is 15.8 Å². The zero-order valence-corrected chi connectivity index (χ0v) is 10.6. The average molecular weight is 249 g/mol. The van der Waals surface area contributed by atoms with E-state index in [1.807, 2.05) is 6.92 Å². The van der Waals surface area contributed by atoms with E-state index in [-0.39, 0.29) is 11.9 Å². The Labute approximate surface area is 106 Å². The zero-order valence-electron chi connectivity index (χ0n) is 10.6. The molecule has 2 bridgehead atoms. The Morgan fingerprint density at radius 1 is 1.50 bits per heavy atom. The van der Waals surface area contributed by atoms with Gasteiger partial charge in [-0.2, -0.15) is 0 Å². The third kappa shape index (κ3) is 2.27. The van der Waals surface area contributed by atoms with Crippen LogP contribution in [0.4, 0.5) is 0 Å². The summed E-state index contributed by atoms with van der Waals surface area (Å²) in [5.74, 6) is 0.648. The molecule has 2 aliphatic rings. The summed E-state index contributed by atoms with van der Waals surface area (Å²) in [6, 6.07) is 3.17. The van der Waals surface area contributed by atoms with Crippen LogP contribution >= 0.6 is 0 Å². The van der Waals surface area contributed by atoms with Gasteiger partial charge < -0.3 is 15.2 Å². The predicted octanol–water partition coefficient (Wildman–Crippen LogP) is 1.25. The lowest BCUT2D eigenvalue weighted by molar-refractivity contribution is 0.0914. The van der Waals surface area contributed by atoms with Gasteiger partial charge in [0.25, 0.3) is 5.91 Å². The maximum atomic E-state index is 12.0. The molecular weight excluding hydrogens is 230 g/mol. The fraction of sp³-hybridized carbons (Fsp3) is 0.692. The van der Waals surface area contributed by atoms with Crippen LogP contribution < -0.4 is 10.6 Å². The third-order valence-electron chi connectivity index (χ3n) is 3.95. The number of hydrogen-bond donors (Lipinski definition) is 2. The summed E-state index contributed by atoms with van der Waals surface area (Å²) >= 11 is 0. The number of rotatable bonds is 3. The molecule has 0 radical (unpaired) electrons. The quantitative estimate of drug-likeness (QED) is 0.846. The first-order chi connectivity index (χ1) is 8.74. The largest absolute Gasteiger partial charge is 0.361 e. The minimum atomic E-state index is -0.107. The Morgan fingerprint density at radius 3 is 2.83 bits per heavy atom. The Bertz CT molecular complexity index is 431. The molecule has 2 fully saturated rings. The van der Waals surface area contributed by atoms with Crippen molar-refractivity contribution >= 4 is 5.91 Å². The summed E-state index contributed by atoms with van der Waals surface area (Å²) in [6.07, 6.45) is 5.29. The molecule has 5 nitrogen and oxygen atoms in total. The predicted molar refractivity (Wildman–Crippen MR) is 66.3 cm³/mol. The van der Waals surface area contributed by atoms with E-state index in [9.17, 15) is 4.79 Å². The number of amides is 1. The van der Waals surface area contributed by atoms with Crippen LogP contribution in [-0.4, -0.2) is 29.2 Å². The van der Waals surface area contributed by atoms with Gasteiger partial charge in [-0.25, -0.2) is 0 Å². The fourth-order valence-corrected chi connectivity index (χ4v) is 3.02. The number of fused-ring (bicyclic) bond motifs is 2. The van der Waals surface area contributed by atoms with Gasteiger partial charge >= 0.3 is 0 Å². The summed E-state index contributed by atoms with van der Waals surface area (Å²) in [4.78, 5) is 12.0. The summed E-state index contributed by atoms with van der Waals surface area (Å²) in [5.41, 5.74) is 0.401. The maximum absolute atomic E-state index is 12.0. The highest BCUT2D eigenvalue weighted by Gasteiger charge is 2.34. The molecule has 3 rings (SSSR count). The molecule has 1 amide bonds. The van der Waals surface area contributed by atoms with Crippen molar-refractivity contribution in [1.82, 2.24) is 15.8 Å². The molecular formula is C13H19N3O2. The molecule has 0 saturated carbocycles. The highest BCUT2D eigenvalue weighted by molar-refractivity contribution is 5.92. The molecule has 1 aromatic rings. The van der Waals surface area contributed by atoms with E-state index in [0.717, 1.165) is 25.0 Å². The SMILES string of the molecule is CCc1cc(C(=O)N[C@@H]2C[C@H]3CC[C@@H](C2)N3)no1. The van der Waals surface area contributed by atoms with Crippen LogP contribution in [0.5, 0.6) is 0 Å². The molecule has 0 aliphatic carbocycles. The van der Waals surface area contributed by atoms with Gasteiger partial charge in [0.05, 0.1) is 0 Å². The molecule has 5 heteroatoms. The second-order valence-electron chi connectivity index (χ2n) is 5.31. The smallest absolute Gasteiger partial charge is 0.273 e. The molecule has 3 heterocycles. The lowest BCUT2D eigenvalue weighted by Gasteiger charge is -2.29. The van der Waals surface area contributed by atoms with Crippen molar-refractivity contribution in [1.29, 1.82) is 0 Å². The van der Waals surface area contributed by atoms with Crippen molar-refractivity contribution in [3.8, 4) is 0 Å². The number of carbonyl (C=O) groups excluding carboxylic acids is 1. The Kier molecular flexibility index (Phi) is 3.07. The number of aryl methyl sites for hydroxylation is 1. The Morgan fingerprint density at radius 2 is 2.22 bits per heavy atom. The molecule has 0 aromatic carbocycles. The summed E-state index contributed by atoms with van der Waals surface area (Å²) in [5, 5.41) is 10.4. The molecule has 98 valence electrons. The number of piperidine rings is 1. The minimum Gasteiger partial charge on any atom is -0.361 e. The van der Waals surface area contributed by atoms with Gasteiger partial charge in [-0.15, -0.1) is 0 Å². The van der Waals surface area contributed by atoms with Gasteiger partial charge in [0, 0.05) is 30.6 Å². The van der Waals surface area contributed by atoms with Crippen molar-refractivity contribution in [3.05, 3.63) is 17.5 Å². The zero-order chi connectivity index (χ0) is 12.5. The van der Waals surface area contributed by atoms with Gasteiger partial charge in [-0.3, -0.25) is 4.79 Å². The van der Waals surface area contributed by atoms with E-state index >= 15 is 0 Å². The van der Waals surface area contributed by atoms with Crippen molar-refractivity contribution in [2.24, 2.45) is 0 Å². The lowest BCUT2D eigenvalue weighted by Crippen LogP contribution is -2.48. The van der Waals surface area contributed by atoms with E-state index in [1.54, 1.807) is 6.07 Å². The molecule has 2 aliphatic heterocycles. The first-order valence-electron chi connectivity index (χ1n) is 6.77. The van der Waals surface area contributed by atoms with Gasteiger partial charge in [0.2, 0.25) is 0 Å². The molecule has 3 atom stereocenters. The van der Waals surface area contributed by atoms with E-state index < -0.39 is 0 Å². The first kappa shape index (κ1) is 11.7. The van der Waals surface area contributed by atoms with Crippen LogP contribution in [0.15, 0.2) is 10.6 Å². The molecule has 1 aromatic heterocycles. The number of nitrogens with zero attached hydrogens (tertiary/aromatic N) is 1. The fourth-order valence-electron chi connectivity index (χ4n) is 3.02. The number of carbonyl (C=O) groups is 1. The lowest BCUT2D eigenvalue weighted by atomic mass is 10.00. The van der Waals surface area contributed by atoms with Crippen LogP contribution in [0, 0.1) is 0 Å². The van der Waals surface area contributed by atoms with Gasteiger partial charge in [0.1, 0.15) is 5.76 Å². The van der Waals surface area contributed by atoms with Crippen LogP contribution in [-0.2, 0) is 6.42 Å². The van der Waals surface area contributed by atoms with Gasteiger partial charge in [0.15, 0.2) is 5.69 Å². The van der Waals surface area contributed by atoms with Crippen LogP contribution in [0.25, 0.3) is 0 Å². The van der Waals surface area contributed by atoms with Crippen LogP contribution in [0.1, 0.15) is 48.9 Å². The maximum Gasteiger partial charge on any atom is 0.273 e. The van der Waals surface area contributed by atoms with Crippen molar-refractivity contribution in [3.63, 3.8) is 0 Å². The topological polar surface area (TPSA) is 67.2 Å². The van der Waals surface area contributed by atoms with Crippen LogP contribution in [0.2, 0.25) is 0 Å². The highest BCUT2D eigenvalue weighted by Crippen LogP contribution is 2.26. The Hall–Kier alpha value is -1.36. The normalized spacial score (nSPS) is 30.4. The van der Waals surface area contributed by atoms with Crippen molar-refractivity contribution in [2.75, 3.05) is 0 Å². The van der Waals surface area contributed by atoms with Crippen molar-refractivity contribution in [2.45, 2.75) is 57.2 Å². The van der Waals surface area contributed by atoms with Gasteiger partial charge in [-0.05, 0) is 25.7 Å². The average Bonchev–Trinajstić information content (AvgIpc) is 2.96. The molecule has 18 heavy (non-hydrogen) atoms. The minimum absolute atomic E-state index is 0.107. The monoisotopic (exact) mass is 249 g/mol. The van der Waals surface area contributed by atoms with Crippen molar-refractivity contribution < 1.29 is 9.32 Å². The third-order valence-corrected chi connectivity index (χ3v) is 3.95. The summed E-state index contributed by atoms with van der Waals surface area (Å²) in [6.45, 7) is 1.98. The molecule has 2 saturated heterocycles. The Balaban J connectivity index is 1.60. The van der Waals surface area contributed by atoms with E-state index in [1.165, 1.54) is 12.8 Å². The summed E-state index contributed by atoms with van der Waals surface area (Å²) < 4.78 is 5.06. The standard InChI is InChI=1S/C13H19N3O2/c1-2-11-7-12(16-18-11)13(17)15-10-5-8-3-4-9(6-10)14-8/h7-10,14H,2-6H2,1H3,(H,15,17)/t8-,9+,10-. The van der Waals surface area contributed by atoms with E-state index in [4.69, 9.17) is 4.52 Å². The highest BCUT2D eigenvalue weighted by atomic mass is 16.5. The number of hydrogen-bond acceptors (Lipinski definition) is 4.